The van der Waals surface area contributed by atoms with Crippen LogP contribution in [0.4, 0.5) is 0 Å². The number of nitrogens with zero attached hydrogens (tertiary/aromatic N) is 1. The van der Waals surface area contributed by atoms with Crippen molar-refractivity contribution in [3.8, 4) is 17.9 Å². The number of nitriles is 1. The molecule has 1 aromatic heterocycles. The number of carbonyl (C=O) groups is 1. The molecule has 0 atom stereocenters. The lowest BCUT2D eigenvalue weighted by molar-refractivity contribution is 0.0697. The van der Waals surface area contributed by atoms with E-state index < -0.39 is 5.97 Å². The van der Waals surface area contributed by atoms with Crippen molar-refractivity contribution in [1.82, 2.24) is 0 Å². The minimum atomic E-state index is -1.02. The lowest BCUT2D eigenvalue weighted by Crippen LogP contribution is -1.95. The second-order valence-corrected chi connectivity index (χ2v) is 2.75. The molecule has 0 radical (unpaired) electrons. The fourth-order valence-corrected chi connectivity index (χ4v) is 1.39. The normalized spacial score (nSPS) is 7.92. The Morgan fingerprint density at radius 3 is 3.00 bits per heavy atom. The third kappa shape index (κ3) is 1.63. The average molecular weight is 177 g/mol. The number of hydrogen-bond donors (Lipinski definition) is 1. The summed E-state index contributed by atoms with van der Waals surface area (Å²) in [5, 5.41) is 18.4. The highest BCUT2D eigenvalue weighted by molar-refractivity contribution is 7.10. The van der Waals surface area contributed by atoms with Crippen LogP contribution < -0.4 is 0 Å². The Hall–Kier alpha value is -1.78. The van der Waals surface area contributed by atoms with Crippen molar-refractivity contribution < 1.29 is 9.90 Å². The zero-order chi connectivity index (χ0) is 8.97. The van der Waals surface area contributed by atoms with Crippen molar-refractivity contribution in [2.24, 2.45) is 0 Å². The van der Waals surface area contributed by atoms with E-state index in [1.165, 1.54) is 17.4 Å². The Balaban J connectivity index is 3.10. The lowest BCUT2D eigenvalue weighted by atomic mass is 10.2. The van der Waals surface area contributed by atoms with E-state index in [0.717, 1.165) is 0 Å². The van der Waals surface area contributed by atoms with Gasteiger partial charge in [-0.2, -0.15) is 5.26 Å². The van der Waals surface area contributed by atoms with Crippen LogP contribution in [0.5, 0.6) is 0 Å². The fourth-order valence-electron chi connectivity index (χ4n) is 0.659. The predicted molar refractivity (Wildman–Crippen MR) is 43.8 cm³/mol. The van der Waals surface area contributed by atoms with E-state index in [1.807, 2.05) is 0 Å². The molecule has 0 aliphatic heterocycles. The van der Waals surface area contributed by atoms with Gasteiger partial charge in [0.25, 0.3) is 0 Å². The molecule has 0 amide bonds. The summed E-state index contributed by atoms with van der Waals surface area (Å²) in [6, 6.07) is 3.09. The summed E-state index contributed by atoms with van der Waals surface area (Å²) < 4.78 is 0. The molecule has 1 aromatic rings. The van der Waals surface area contributed by atoms with Gasteiger partial charge in [-0.15, -0.1) is 11.3 Å². The maximum Gasteiger partial charge on any atom is 0.337 e. The summed E-state index contributed by atoms with van der Waals surface area (Å²) in [4.78, 5) is 10.9. The molecule has 0 aliphatic carbocycles. The molecule has 1 heterocycles. The Labute approximate surface area is 72.9 Å². The fraction of sp³-hybridized carbons (Fsp3) is 0. The van der Waals surface area contributed by atoms with Crippen LogP contribution in [0.25, 0.3) is 0 Å². The second kappa shape index (κ2) is 3.56. The molecular formula is C8H3NO2S. The van der Waals surface area contributed by atoms with Crippen molar-refractivity contribution in [2.75, 3.05) is 0 Å². The van der Waals surface area contributed by atoms with Crippen LogP contribution in [0.2, 0.25) is 0 Å². The minimum Gasteiger partial charge on any atom is -0.478 e. The van der Waals surface area contributed by atoms with Crippen LogP contribution >= 0.6 is 11.3 Å². The first-order valence-corrected chi connectivity index (χ1v) is 3.84. The Kier molecular flexibility index (Phi) is 2.47. The standard InChI is InChI=1S/C8H3NO2S/c9-4-1-2-7-6(8(10)11)3-5-12-7/h3,5H,(H,10,11). The maximum absolute atomic E-state index is 10.5. The first-order chi connectivity index (χ1) is 5.75. The van der Waals surface area contributed by atoms with Crippen LogP contribution in [0.3, 0.4) is 0 Å². The van der Waals surface area contributed by atoms with Crippen molar-refractivity contribution in [1.29, 1.82) is 5.26 Å². The second-order valence-electron chi connectivity index (χ2n) is 1.83. The van der Waals surface area contributed by atoms with Crippen LogP contribution in [0.1, 0.15) is 15.2 Å². The third-order valence-electron chi connectivity index (χ3n) is 1.13. The summed E-state index contributed by atoms with van der Waals surface area (Å²) >= 11 is 1.21. The number of rotatable bonds is 1. The van der Waals surface area contributed by atoms with Crippen LogP contribution in [0.15, 0.2) is 11.4 Å². The highest BCUT2D eigenvalue weighted by Crippen LogP contribution is 2.14. The summed E-state index contributed by atoms with van der Waals surface area (Å²) in [6.07, 6.45) is 0. The summed E-state index contributed by atoms with van der Waals surface area (Å²) in [5.41, 5.74) is 0.155. The van der Waals surface area contributed by atoms with E-state index in [0.29, 0.717) is 4.88 Å². The third-order valence-corrected chi connectivity index (χ3v) is 1.96. The van der Waals surface area contributed by atoms with Gasteiger partial charge in [-0.05, 0) is 17.4 Å². The summed E-state index contributed by atoms with van der Waals surface area (Å²) in [6.45, 7) is 0. The molecule has 0 saturated heterocycles. The molecule has 0 bridgehead atoms. The van der Waals surface area contributed by atoms with Crippen LogP contribution in [0, 0.1) is 23.2 Å². The van der Waals surface area contributed by atoms with Crippen molar-refractivity contribution >= 4 is 17.3 Å². The van der Waals surface area contributed by atoms with Gasteiger partial charge in [-0.1, -0.05) is 0 Å². The van der Waals surface area contributed by atoms with E-state index in [4.69, 9.17) is 10.4 Å². The smallest absolute Gasteiger partial charge is 0.337 e. The number of aromatic carboxylic acids is 1. The van der Waals surface area contributed by atoms with E-state index >= 15 is 0 Å². The van der Waals surface area contributed by atoms with Gasteiger partial charge in [0.05, 0.1) is 10.4 Å². The Morgan fingerprint density at radius 1 is 1.67 bits per heavy atom. The average Bonchev–Trinajstić information content (AvgIpc) is 2.48. The number of hydrogen-bond acceptors (Lipinski definition) is 3. The highest BCUT2D eigenvalue weighted by Gasteiger charge is 2.08. The molecule has 3 nitrogen and oxygen atoms in total. The maximum atomic E-state index is 10.5. The SMILES string of the molecule is N#CC#Cc1sccc1C(=O)O. The largest absolute Gasteiger partial charge is 0.478 e. The molecular weight excluding hydrogens is 174 g/mol. The van der Waals surface area contributed by atoms with Gasteiger partial charge in [0.1, 0.15) is 0 Å². The van der Waals surface area contributed by atoms with E-state index in [9.17, 15) is 4.79 Å². The van der Waals surface area contributed by atoms with E-state index in [-0.39, 0.29) is 5.56 Å². The molecule has 0 spiro atoms. The van der Waals surface area contributed by atoms with Crippen molar-refractivity contribution in [3.63, 3.8) is 0 Å². The molecule has 0 unspecified atom stereocenters. The summed E-state index contributed by atoms with van der Waals surface area (Å²) in [5.74, 6) is 3.58. The highest BCUT2D eigenvalue weighted by atomic mass is 32.1. The summed E-state index contributed by atoms with van der Waals surface area (Å²) in [7, 11) is 0. The van der Waals surface area contributed by atoms with Crippen molar-refractivity contribution in [3.05, 3.63) is 21.9 Å². The number of carboxylic acids is 1. The van der Waals surface area contributed by atoms with E-state index in [1.54, 1.807) is 11.4 Å². The number of carboxylic acid groups (broad SMARTS) is 1. The van der Waals surface area contributed by atoms with Gasteiger partial charge in [-0.3, -0.25) is 0 Å². The Morgan fingerprint density at radius 2 is 2.42 bits per heavy atom. The molecule has 0 saturated carbocycles. The van der Waals surface area contributed by atoms with Crippen LogP contribution in [-0.4, -0.2) is 11.1 Å². The Bertz CT molecular complexity index is 403. The van der Waals surface area contributed by atoms with E-state index in [2.05, 4.69) is 11.8 Å². The minimum absolute atomic E-state index is 0.155. The van der Waals surface area contributed by atoms with Crippen molar-refractivity contribution in [2.45, 2.75) is 0 Å². The monoisotopic (exact) mass is 177 g/mol. The van der Waals surface area contributed by atoms with Gasteiger partial charge in [-0.25, -0.2) is 4.79 Å². The first-order valence-electron chi connectivity index (χ1n) is 2.96. The first kappa shape index (κ1) is 8.32. The molecule has 12 heavy (non-hydrogen) atoms. The zero-order valence-corrected chi connectivity index (χ0v) is 6.68. The van der Waals surface area contributed by atoms with Crippen LogP contribution in [-0.2, 0) is 0 Å². The molecule has 0 fully saturated rings. The van der Waals surface area contributed by atoms with Gasteiger partial charge >= 0.3 is 5.97 Å². The molecule has 4 heteroatoms. The van der Waals surface area contributed by atoms with Gasteiger partial charge in [0.15, 0.2) is 6.07 Å². The van der Waals surface area contributed by atoms with Gasteiger partial charge in [0.2, 0.25) is 0 Å². The zero-order valence-electron chi connectivity index (χ0n) is 5.87. The van der Waals surface area contributed by atoms with Gasteiger partial charge < -0.3 is 5.11 Å². The lowest BCUT2D eigenvalue weighted by Gasteiger charge is -1.86. The molecule has 58 valence electrons. The topological polar surface area (TPSA) is 61.1 Å². The molecule has 1 N–H and O–H groups in total. The predicted octanol–water partition coefficient (Wildman–Crippen LogP) is 1.32. The molecule has 0 aromatic carbocycles. The van der Waals surface area contributed by atoms with Gasteiger partial charge in [0, 0.05) is 5.92 Å². The number of thiophene rings is 1. The molecule has 1 rings (SSSR count). The molecule has 0 aliphatic rings. The quantitative estimate of drug-likeness (QED) is 0.658.